The topological polar surface area (TPSA) is 84.5 Å². The van der Waals surface area contributed by atoms with Crippen LogP contribution in [0.3, 0.4) is 0 Å². The van der Waals surface area contributed by atoms with E-state index < -0.39 is 0 Å². The molecule has 1 saturated heterocycles. The molecule has 34 heavy (non-hydrogen) atoms. The van der Waals surface area contributed by atoms with Gasteiger partial charge in [0.05, 0.1) is 10.9 Å². The highest BCUT2D eigenvalue weighted by molar-refractivity contribution is 5.80. The van der Waals surface area contributed by atoms with Crippen LogP contribution >= 0.6 is 0 Å². The summed E-state index contributed by atoms with van der Waals surface area (Å²) in [4.78, 5) is 28.1. The third kappa shape index (κ3) is 4.72. The second-order valence-electron chi connectivity index (χ2n) is 8.86. The van der Waals surface area contributed by atoms with Crippen molar-refractivity contribution in [3.8, 4) is 0 Å². The van der Waals surface area contributed by atoms with Crippen LogP contribution in [0.1, 0.15) is 30.7 Å². The van der Waals surface area contributed by atoms with E-state index in [0.29, 0.717) is 42.9 Å². The van der Waals surface area contributed by atoms with E-state index in [-0.39, 0.29) is 11.5 Å². The normalized spacial score (nSPS) is 14.2. The first-order valence-electron chi connectivity index (χ1n) is 12.1. The highest BCUT2D eigenvalue weighted by Crippen LogP contribution is 2.16. The lowest BCUT2D eigenvalue weighted by molar-refractivity contribution is -0.121. The van der Waals surface area contributed by atoms with Crippen LogP contribution in [0.2, 0.25) is 0 Å². The largest absolute Gasteiger partial charge is 0.355 e. The predicted octanol–water partition coefficient (Wildman–Crippen LogP) is 2.43. The fraction of sp³-hybridized carbons (Fsp3) is 0.385. The molecule has 4 aromatic rings. The van der Waals surface area contributed by atoms with E-state index in [0.717, 1.165) is 37.1 Å². The SMILES string of the molecule is O=C(CCc1nnc2n(CCc3ccccc3)c(=O)c3ccccc3n12)NCCN1CCCC1. The van der Waals surface area contributed by atoms with Gasteiger partial charge < -0.3 is 10.2 Å². The zero-order valence-corrected chi connectivity index (χ0v) is 19.3. The van der Waals surface area contributed by atoms with Crippen LogP contribution in [0.15, 0.2) is 59.4 Å². The summed E-state index contributed by atoms with van der Waals surface area (Å²) in [5, 5.41) is 12.4. The van der Waals surface area contributed by atoms with Crippen molar-refractivity contribution in [1.29, 1.82) is 0 Å². The van der Waals surface area contributed by atoms with Crippen molar-refractivity contribution in [2.24, 2.45) is 0 Å². The first-order valence-corrected chi connectivity index (χ1v) is 12.1. The molecule has 1 aliphatic heterocycles. The lowest BCUT2D eigenvalue weighted by Crippen LogP contribution is -2.33. The Bertz CT molecular complexity index is 1340. The molecule has 5 rings (SSSR count). The Morgan fingerprint density at radius 1 is 0.912 bits per heavy atom. The number of hydrogen-bond donors (Lipinski definition) is 1. The molecule has 2 aromatic carbocycles. The van der Waals surface area contributed by atoms with Gasteiger partial charge in [-0.05, 0) is 50.0 Å². The average molecular weight is 459 g/mol. The van der Waals surface area contributed by atoms with E-state index in [1.54, 1.807) is 4.57 Å². The maximum absolute atomic E-state index is 13.3. The van der Waals surface area contributed by atoms with Crippen molar-refractivity contribution in [1.82, 2.24) is 29.4 Å². The third-order valence-corrected chi connectivity index (χ3v) is 6.57. The fourth-order valence-corrected chi connectivity index (χ4v) is 4.74. The third-order valence-electron chi connectivity index (χ3n) is 6.57. The zero-order chi connectivity index (χ0) is 23.3. The molecule has 0 spiro atoms. The number of aromatic nitrogens is 4. The van der Waals surface area contributed by atoms with Gasteiger partial charge in [0.15, 0.2) is 0 Å². The van der Waals surface area contributed by atoms with Crippen molar-refractivity contribution in [2.45, 2.75) is 38.6 Å². The van der Waals surface area contributed by atoms with Gasteiger partial charge in [-0.15, -0.1) is 10.2 Å². The van der Waals surface area contributed by atoms with E-state index in [4.69, 9.17) is 0 Å². The number of amides is 1. The van der Waals surface area contributed by atoms with E-state index in [1.165, 1.54) is 12.8 Å². The maximum atomic E-state index is 13.3. The van der Waals surface area contributed by atoms with Crippen molar-refractivity contribution < 1.29 is 4.79 Å². The van der Waals surface area contributed by atoms with Gasteiger partial charge in [0.2, 0.25) is 11.7 Å². The van der Waals surface area contributed by atoms with Gasteiger partial charge in [-0.1, -0.05) is 42.5 Å². The standard InChI is InChI=1S/C26H30N6O2/c33-24(27-15-19-30-16-6-7-17-30)13-12-23-28-29-26-31(18-14-20-8-2-1-3-9-20)25(34)21-10-4-5-11-22(21)32(23)26/h1-5,8-11H,6-7,12-19H2,(H,27,33). The van der Waals surface area contributed by atoms with Gasteiger partial charge >= 0.3 is 0 Å². The molecule has 0 bridgehead atoms. The summed E-state index contributed by atoms with van der Waals surface area (Å²) in [7, 11) is 0. The van der Waals surface area contributed by atoms with Crippen LogP contribution < -0.4 is 10.9 Å². The summed E-state index contributed by atoms with van der Waals surface area (Å²) in [5.41, 5.74) is 1.86. The predicted molar refractivity (Wildman–Crippen MR) is 132 cm³/mol. The van der Waals surface area contributed by atoms with Crippen molar-refractivity contribution in [3.63, 3.8) is 0 Å². The first-order chi connectivity index (χ1) is 16.7. The minimum atomic E-state index is -0.0716. The molecule has 8 heteroatoms. The van der Waals surface area contributed by atoms with E-state index >= 15 is 0 Å². The average Bonchev–Trinajstić information content (AvgIpc) is 3.54. The molecule has 1 amide bonds. The molecule has 0 unspecified atom stereocenters. The molecule has 0 radical (unpaired) electrons. The summed E-state index contributed by atoms with van der Waals surface area (Å²) in [6.45, 7) is 4.33. The van der Waals surface area contributed by atoms with Gasteiger partial charge in [-0.25, -0.2) is 0 Å². The summed E-state index contributed by atoms with van der Waals surface area (Å²) >= 11 is 0. The summed E-state index contributed by atoms with van der Waals surface area (Å²) in [6, 6.07) is 17.6. The minimum Gasteiger partial charge on any atom is -0.355 e. The molecule has 0 atom stereocenters. The van der Waals surface area contributed by atoms with Gasteiger partial charge in [-0.2, -0.15) is 0 Å². The second-order valence-corrected chi connectivity index (χ2v) is 8.86. The molecule has 8 nitrogen and oxygen atoms in total. The fourth-order valence-electron chi connectivity index (χ4n) is 4.74. The Morgan fingerprint density at radius 2 is 1.68 bits per heavy atom. The van der Waals surface area contributed by atoms with Crippen LogP contribution in [-0.2, 0) is 24.2 Å². The number of hydrogen-bond acceptors (Lipinski definition) is 5. The summed E-state index contributed by atoms with van der Waals surface area (Å²) in [5.74, 6) is 1.22. The first kappa shape index (κ1) is 22.3. The maximum Gasteiger partial charge on any atom is 0.262 e. The number of para-hydroxylation sites is 1. The summed E-state index contributed by atoms with van der Waals surface area (Å²) < 4.78 is 3.63. The molecule has 0 aliphatic carbocycles. The molecule has 1 N–H and O–H groups in total. The highest BCUT2D eigenvalue weighted by Gasteiger charge is 2.17. The van der Waals surface area contributed by atoms with Crippen LogP contribution in [0.25, 0.3) is 16.7 Å². The van der Waals surface area contributed by atoms with E-state index in [2.05, 4.69) is 32.5 Å². The lowest BCUT2D eigenvalue weighted by atomic mass is 10.1. The number of rotatable bonds is 9. The van der Waals surface area contributed by atoms with Crippen molar-refractivity contribution in [3.05, 3.63) is 76.3 Å². The smallest absolute Gasteiger partial charge is 0.262 e. The van der Waals surface area contributed by atoms with Crippen molar-refractivity contribution in [2.75, 3.05) is 26.2 Å². The van der Waals surface area contributed by atoms with Gasteiger partial charge in [0.1, 0.15) is 5.82 Å². The van der Waals surface area contributed by atoms with Crippen LogP contribution in [-0.4, -0.2) is 56.2 Å². The van der Waals surface area contributed by atoms with Crippen molar-refractivity contribution >= 4 is 22.6 Å². The monoisotopic (exact) mass is 458 g/mol. The number of nitrogens with zero attached hydrogens (tertiary/aromatic N) is 5. The Balaban J connectivity index is 1.36. The minimum absolute atomic E-state index is 0.0117. The van der Waals surface area contributed by atoms with Gasteiger partial charge in [0.25, 0.3) is 5.56 Å². The Labute approximate surface area is 198 Å². The number of carbonyl (C=O) groups is 1. The number of carbonyl (C=O) groups excluding carboxylic acids is 1. The highest BCUT2D eigenvalue weighted by atomic mass is 16.1. The molecular formula is C26H30N6O2. The Morgan fingerprint density at radius 3 is 2.50 bits per heavy atom. The number of benzene rings is 2. The van der Waals surface area contributed by atoms with Gasteiger partial charge in [0, 0.05) is 32.5 Å². The molecular weight excluding hydrogens is 428 g/mol. The molecule has 3 heterocycles. The van der Waals surface area contributed by atoms with Crippen LogP contribution in [0.4, 0.5) is 0 Å². The second kappa shape index (κ2) is 10.2. The lowest BCUT2D eigenvalue weighted by Gasteiger charge is -2.14. The molecule has 0 saturated carbocycles. The molecule has 176 valence electrons. The molecule has 2 aromatic heterocycles. The van der Waals surface area contributed by atoms with E-state index in [1.807, 2.05) is 46.9 Å². The number of fused-ring (bicyclic) bond motifs is 3. The zero-order valence-electron chi connectivity index (χ0n) is 19.3. The number of nitrogens with one attached hydrogen (secondary N) is 1. The number of likely N-dealkylation sites (tertiary alicyclic amines) is 1. The molecule has 1 aliphatic rings. The molecule has 1 fully saturated rings. The Hall–Kier alpha value is -3.52. The Kier molecular flexibility index (Phi) is 6.67. The summed E-state index contributed by atoms with van der Waals surface area (Å²) in [6.07, 6.45) is 4.00. The van der Waals surface area contributed by atoms with Crippen LogP contribution in [0, 0.1) is 0 Å². The van der Waals surface area contributed by atoms with Crippen LogP contribution in [0.5, 0.6) is 0 Å². The van der Waals surface area contributed by atoms with Gasteiger partial charge in [-0.3, -0.25) is 18.6 Å². The number of aryl methyl sites for hydroxylation is 3. The quantitative estimate of drug-likeness (QED) is 0.417. The van der Waals surface area contributed by atoms with E-state index in [9.17, 15) is 9.59 Å².